The molecule has 0 saturated carbocycles. The number of unbranched alkanes of at least 4 members (excludes halogenated alkanes) is 11. The van der Waals surface area contributed by atoms with Gasteiger partial charge in [0.2, 0.25) is 0 Å². The van der Waals surface area contributed by atoms with Crippen LogP contribution in [0.2, 0.25) is 0 Å². The first-order chi connectivity index (χ1) is 27.4. The van der Waals surface area contributed by atoms with Gasteiger partial charge in [-0.25, -0.2) is 4.57 Å². The highest BCUT2D eigenvalue weighted by Gasteiger charge is 2.27. The Bertz CT molecular complexity index is 1260. The van der Waals surface area contributed by atoms with Gasteiger partial charge in [0.15, 0.2) is 11.9 Å². The molecule has 2 atom stereocenters. The van der Waals surface area contributed by atoms with Crippen LogP contribution in [0.5, 0.6) is 0 Å². The van der Waals surface area contributed by atoms with E-state index in [1.165, 1.54) is 0 Å². The second kappa shape index (κ2) is 37.4. The molecule has 0 aliphatic heterocycles. The summed E-state index contributed by atoms with van der Waals surface area (Å²) in [7, 11) is 1.40. The first-order valence-electron chi connectivity index (χ1n) is 21.6. The lowest BCUT2D eigenvalue weighted by atomic mass is 10.1. The number of esters is 2. The summed E-state index contributed by atoms with van der Waals surface area (Å²) in [4.78, 5) is 47.1. The maximum absolute atomic E-state index is 12.7. The van der Waals surface area contributed by atoms with E-state index >= 15 is 0 Å². The van der Waals surface area contributed by atoms with Crippen molar-refractivity contribution in [1.82, 2.24) is 0 Å². The van der Waals surface area contributed by atoms with Gasteiger partial charge in [-0.1, -0.05) is 126 Å². The van der Waals surface area contributed by atoms with Gasteiger partial charge in [-0.3, -0.25) is 23.4 Å². The van der Waals surface area contributed by atoms with E-state index in [0.29, 0.717) is 30.3 Å². The van der Waals surface area contributed by atoms with Crippen molar-refractivity contribution in [2.24, 2.45) is 0 Å². The molecule has 57 heavy (non-hydrogen) atoms. The van der Waals surface area contributed by atoms with Crippen LogP contribution >= 0.6 is 7.82 Å². The monoisotopic (exact) mass is 821 g/mol. The topological polar surface area (TPSA) is 125 Å². The zero-order valence-electron chi connectivity index (χ0n) is 36.3. The molecule has 0 aliphatic rings. The molecule has 1 unspecified atom stereocenters. The lowest BCUT2D eigenvalue weighted by Crippen LogP contribution is -2.37. The van der Waals surface area contributed by atoms with Crippen LogP contribution in [0.15, 0.2) is 72.9 Å². The summed E-state index contributed by atoms with van der Waals surface area (Å²) in [5.74, 6) is -0.719. The third-order valence-corrected chi connectivity index (χ3v) is 9.68. The van der Waals surface area contributed by atoms with Gasteiger partial charge in [0.25, 0.3) is 0 Å². The number of hydrogen-bond acceptors (Lipinski definition) is 8. The molecule has 326 valence electrons. The summed E-state index contributed by atoms with van der Waals surface area (Å²) in [6.45, 7) is 4.05. The molecule has 0 aromatic heterocycles. The lowest BCUT2D eigenvalue weighted by molar-refractivity contribution is -0.870. The molecule has 10 nitrogen and oxygen atoms in total. The quantitative estimate of drug-likeness (QED) is 0.0123. The largest absolute Gasteiger partial charge is 0.472 e. The van der Waals surface area contributed by atoms with E-state index in [9.17, 15) is 23.8 Å². The summed E-state index contributed by atoms with van der Waals surface area (Å²) in [6, 6.07) is 0. The number of phosphoric acid groups is 1. The molecule has 0 rings (SSSR count). The number of carbonyl (C=O) groups is 3. The number of likely N-dealkylation sites (N-methyl/N-ethyl adjacent to an activating group) is 1. The highest BCUT2D eigenvalue weighted by molar-refractivity contribution is 7.47. The summed E-state index contributed by atoms with van der Waals surface area (Å²) < 4.78 is 34.2. The van der Waals surface area contributed by atoms with Gasteiger partial charge in [-0.15, -0.1) is 0 Å². The Kier molecular flexibility index (Phi) is 35.5. The molecule has 0 spiro atoms. The molecule has 0 aliphatic carbocycles. The Balaban J connectivity index is 4.50. The fraction of sp³-hybridized carbons (Fsp3) is 0.674. The Hall–Kier alpha value is -2.88. The van der Waals surface area contributed by atoms with Crippen molar-refractivity contribution in [2.75, 3.05) is 47.5 Å². The van der Waals surface area contributed by atoms with Crippen molar-refractivity contribution in [3.05, 3.63) is 72.9 Å². The molecular formula is C46H79NO9P+. The number of nitrogens with zero attached hydrogens (tertiary/aromatic N) is 1. The maximum Gasteiger partial charge on any atom is 0.472 e. The first-order valence-corrected chi connectivity index (χ1v) is 23.1. The molecule has 11 heteroatoms. The number of allylic oxidation sites excluding steroid dienone is 12. The molecule has 0 amide bonds. The predicted octanol–water partition coefficient (Wildman–Crippen LogP) is 11.4. The second-order valence-electron chi connectivity index (χ2n) is 15.4. The molecular weight excluding hydrogens is 741 g/mol. The molecule has 0 aromatic rings. The van der Waals surface area contributed by atoms with Crippen molar-refractivity contribution in [1.29, 1.82) is 0 Å². The van der Waals surface area contributed by atoms with Crippen molar-refractivity contribution in [2.45, 2.75) is 155 Å². The summed E-state index contributed by atoms with van der Waals surface area (Å²) in [5, 5.41) is 0. The third-order valence-electron chi connectivity index (χ3n) is 8.70. The normalized spacial score (nSPS) is 14.2. The van der Waals surface area contributed by atoms with Crippen LogP contribution in [-0.2, 0) is 37.5 Å². The van der Waals surface area contributed by atoms with E-state index in [-0.39, 0.29) is 31.8 Å². The van der Waals surface area contributed by atoms with Crippen LogP contribution in [-0.4, -0.2) is 80.7 Å². The summed E-state index contributed by atoms with van der Waals surface area (Å²) in [6.07, 6.45) is 42.1. The van der Waals surface area contributed by atoms with E-state index in [2.05, 4.69) is 68.5 Å². The molecule has 0 radical (unpaired) electrons. The van der Waals surface area contributed by atoms with Gasteiger partial charge in [-0.05, 0) is 76.7 Å². The van der Waals surface area contributed by atoms with E-state index in [4.69, 9.17) is 18.5 Å². The molecule has 0 fully saturated rings. The fourth-order valence-corrected chi connectivity index (χ4v) is 6.02. The van der Waals surface area contributed by atoms with Crippen molar-refractivity contribution in [3.63, 3.8) is 0 Å². The highest BCUT2D eigenvalue weighted by Crippen LogP contribution is 2.43. The van der Waals surface area contributed by atoms with Gasteiger partial charge in [0, 0.05) is 19.3 Å². The highest BCUT2D eigenvalue weighted by atomic mass is 31.2. The Morgan fingerprint density at radius 2 is 1.16 bits per heavy atom. The number of hydrogen-bond donors (Lipinski definition) is 1. The summed E-state index contributed by atoms with van der Waals surface area (Å²) in [5.41, 5.74) is 0. The number of phosphoric ester groups is 1. The van der Waals surface area contributed by atoms with Crippen molar-refractivity contribution in [3.8, 4) is 0 Å². The number of rotatable bonds is 38. The standard InChI is InChI=1S/C46H78NO9P/c1-6-8-10-11-12-13-14-15-16-17-18-19-20-23-27-30-34-38-46(50)56-44(42-55-57(51,52)54-40-39-47(3,4)5)41-53-45(49)37-33-29-26-24-21-22-25-28-32-36-43(48)35-31-9-7-2/h8,10,12-13,15-16,18-19,25,28,32,36,44H,6-7,9,11,14,17,20-24,26-27,29-31,33-35,37-42H2,1-5H3/p+1/b10-8-,13-12-,16-15-,19-18-,28-25-,36-32+/t44-/m1/s1. The lowest BCUT2D eigenvalue weighted by Gasteiger charge is -2.24. The SMILES string of the molecule is CC/C=C\C/C=C\C/C=C\C/C=C\CCCCCCC(=O)O[C@H](COC(=O)CCCCCCC/C=C\C=C\C(=O)CCCCC)COP(=O)(O)OCC[N+](C)(C)C. The number of ether oxygens (including phenoxy) is 2. The van der Waals surface area contributed by atoms with Crippen LogP contribution in [0.4, 0.5) is 0 Å². The fourth-order valence-electron chi connectivity index (χ4n) is 5.28. The Labute approximate surface area is 346 Å². The van der Waals surface area contributed by atoms with Gasteiger partial charge in [-0.2, -0.15) is 0 Å². The van der Waals surface area contributed by atoms with Crippen molar-refractivity contribution >= 4 is 25.5 Å². The van der Waals surface area contributed by atoms with Gasteiger partial charge < -0.3 is 18.9 Å². The van der Waals surface area contributed by atoms with Crippen molar-refractivity contribution < 1.29 is 46.8 Å². The second-order valence-corrected chi connectivity index (χ2v) is 16.8. The third kappa shape index (κ3) is 41.1. The maximum atomic E-state index is 12.7. The predicted molar refractivity (Wildman–Crippen MR) is 234 cm³/mol. The van der Waals surface area contributed by atoms with E-state index in [1.807, 2.05) is 33.3 Å². The van der Waals surface area contributed by atoms with Crippen LogP contribution in [0.1, 0.15) is 149 Å². The number of ketones is 1. The average Bonchev–Trinajstić information content (AvgIpc) is 3.15. The molecule has 1 N–H and O–H groups in total. The van der Waals surface area contributed by atoms with Crippen LogP contribution in [0.3, 0.4) is 0 Å². The molecule has 0 aromatic carbocycles. The van der Waals surface area contributed by atoms with Gasteiger partial charge >= 0.3 is 19.8 Å². The van der Waals surface area contributed by atoms with Crippen LogP contribution in [0, 0.1) is 0 Å². The molecule has 0 bridgehead atoms. The smallest absolute Gasteiger partial charge is 0.462 e. The van der Waals surface area contributed by atoms with E-state index in [1.54, 1.807) is 6.08 Å². The number of quaternary nitrogens is 1. The first kappa shape index (κ1) is 54.1. The molecule has 0 heterocycles. The average molecular weight is 821 g/mol. The Morgan fingerprint density at radius 3 is 1.77 bits per heavy atom. The zero-order chi connectivity index (χ0) is 42.3. The van der Waals surface area contributed by atoms with Gasteiger partial charge in [0.1, 0.15) is 19.8 Å². The van der Waals surface area contributed by atoms with Crippen LogP contribution in [0.25, 0.3) is 0 Å². The van der Waals surface area contributed by atoms with Crippen LogP contribution < -0.4 is 0 Å². The minimum atomic E-state index is -4.40. The van der Waals surface area contributed by atoms with E-state index < -0.39 is 32.5 Å². The Morgan fingerprint density at radius 1 is 0.614 bits per heavy atom. The minimum absolute atomic E-state index is 0.00840. The zero-order valence-corrected chi connectivity index (χ0v) is 37.2. The number of carbonyl (C=O) groups excluding carboxylic acids is 3. The van der Waals surface area contributed by atoms with Gasteiger partial charge in [0.05, 0.1) is 27.7 Å². The summed E-state index contributed by atoms with van der Waals surface area (Å²) >= 11 is 0. The van der Waals surface area contributed by atoms with E-state index in [0.717, 1.165) is 103 Å². The molecule has 0 saturated heterocycles. The minimum Gasteiger partial charge on any atom is -0.462 e.